The first-order valence-electron chi connectivity index (χ1n) is 16.9. The van der Waals surface area contributed by atoms with Gasteiger partial charge in [0.1, 0.15) is 0 Å². The zero-order valence-electron chi connectivity index (χ0n) is 27.6. The van der Waals surface area contributed by atoms with E-state index < -0.39 is 5.41 Å². The fourth-order valence-corrected chi connectivity index (χ4v) is 9.21. The molecule has 1 aliphatic carbocycles. The van der Waals surface area contributed by atoms with Gasteiger partial charge in [-0.05, 0) is 88.0 Å². The van der Waals surface area contributed by atoms with E-state index in [-0.39, 0.29) is 0 Å². The first-order chi connectivity index (χ1) is 24.2. The van der Waals surface area contributed by atoms with Gasteiger partial charge in [-0.3, -0.25) is 0 Å². The van der Waals surface area contributed by atoms with Crippen molar-refractivity contribution in [2.75, 3.05) is 4.90 Å². The Bertz CT molecular complexity index is 2420. The number of anilines is 3. The second-order valence-corrected chi connectivity index (χ2v) is 14.1. The second-order valence-electron chi connectivity index (χ2n) is 12.9. The highest BCUT2D eigenvalue weighted by atomic mass is 32.1. The molecule has 0 unspecified atom stereocenters. The van der Waals surface area contributed by atoms with Crippen molar-refractivity contribution >= 4 is 38.5 Å². The minimum absolute atomic E-state index is 0.468. The van der Waals surface area contributed by atoms with E-state index >= 15 is 0 Å². The topological polar surface area (TPSA) is 3.24 Å². The number of rotatable bonds is 6. The van der Waals surface area contributed by atoms with Crippen molar-refractivity contribution in [3.8, 4) is 22.3 Å². The number of fused-ring (bicyclic) bond motifs is 4. The Morgan fingerprint density at radius 2 is 1.06 bits per heavy atom. The summed E-state index contributed by atoms with van der Waals surface area (Å²) >= 11 is 1.89. The zero-order valence-corrected chi connectivity index (χ0v) is 28.4. The van der Waals surface area contributed by atoms with Crippen LogP contribution in [0, 0.1) is 13.8 Å². The number of hydrogen-bond donors (Lipinski definition) is 0. The molecule has 2 heteroatoms. The molecule has 0 amide bonds. The molecule has 1 aromatic heterocycles. The molecule has 0 aliphatic heterocycles. The van der Waals surface area contributed by atoms with Crippen LogP contribution in [0.4, 0.5) is 17.1 Å². The van der Waals surface area contributed by atoms with E-state index in [0.29, 0.717) is 0 Å². The van der Waals surface area contributed by atoms with Gasteiger partial charge in [-0.15, -0.1) is 11.3 Å². The first kappa shape index (κ1) is 29.4. The molecule has 0 fully saturated rings. The summed E-state index contributed by atoms with van der Waals surface area (Å²) in [4.78, 5) is 3.88. The summed E-state index contributed by atoms with van der Waals surface area (Å²) in [6.45, 7) is 4.50. The van der Waals surface area contributed by atoms with E-state index in [9.17, 15) is 0 Å². The molecule has 0 bridgehead atoms. The maximum atomic E-state index is 2.52. The number of hydrogen-bond acceptors (Lipinski definition) is 2. The van der Waals surface area contributed by atoms with Crippen LogP contribution in [0.5, 0.6) is 0 Å². The molecule has 0 spiro atoms. The lowest BCUT2D eigenvalue weighted by atomic mass is 9.68. The summed E-state index contributed by atoms with van der Waals surface area (Å²) in [6, 6.07) is 64.7. The fourth-order valence-electron chi connectivity index (χ4n) is 8.05. The van der Waals surface area contributed by atoms with Crippen LogP contribution < -0.4 is 4.90 Å². The van der Waals surface area contributed by atoms with Crippen LogP contribution in [-0.4, -0.2) is 0 Å². The SMILES string of the molecule is Cc1sc2c(N(c3cccc(-c4ccccc4)c3)c3cccc4c3-c3ccccc3C4(c3ccccc3)c3ccccc3)cccc2c1C. The van der Waals surface area contributed by atoms with Crippen molar-refractivity contribution in [2.24, 2.45) is 0 Å². The summed E-state index contributed by atoms with van der Waals surface area (Å²) in [6.07, 6.45) is 0. The molecular weight excluding hydrogens is 611 g/mol. The highest BCUT2D eigenvalue weighted by molar-refractivity contribution is 7.19. The molecule has 0 N–H and O–H groups in total. The molecule has 8 aromatic rings. The molecule has 0 saturated carbocycles. The zero-order chi connectivity index (χ0) is 33.0. The van der Waals surface area contributed by atoms with E-state index in [2.05, 4.69) is 195 Å². The smallest absolute Gasteiger partial charge is 0.0714 e. The number of thiophene rings is 1. The fraction of sp³-hybridized carbons (Fsp3) is 0.0638. The molecular formula is C47H35NS. The summed E-state index contributed by atoms with van der Waals surface area (Å²) in [5.74, 6) is 0. The summed E-state index contributed by atoms with van der Waals surface area (Å²) in [5.41, 5.74) is 14.5. The first-order valence-corrected chi connectivity index (χ1v) is 17.8. The highest BCUT2D eigenvalue weighted by Gasteiger charge is 2.47. The van der Waals surface area contributed by atoms with Crippen molar-refractivity contribution in [1.29, 1.82) is 0 Å². The van der Waals surface area contributed by atoms with E-state index in [1.54, 1.807) is 0 Å². The Hall–Kier alpha value is -5.70. The number of benzene rings is 7. The predicted octanol–water partition coefficient (Wildman–Crippen LogP) is 13.0. The Morgan fingerprint density at radius 3 is 1.80 bits per heavy atom. The maximum absolute atomic E-state index is 2.52. The van der Waals surface area contributed by atoms with E-state index in [1.807, 2.05) is 11.3 Å². The predicted molar refractivity (Wildman–Crippen MR) is 209 cm³/mol. The van der Waals surface area contributed by atoms with Gasteiger partial charge in [0.15, 0.2) is 0 Å². The van der Waals surface area contributed by atoms with Gasteiger partial charge in [0.2, 0.25) is 0 Å². The van der Waals surface area contributed by atoms with Crippen LogP contribution in [0.1, 0.15) is 32.7 Å². The number of nitrogens with zero attached hydrogens (tertiary/aromatic N) is 1. The van der Waals surface area contributed by atoms with Crippen LogP contribution in [0.3, 0.4) is 0 Å². The third-order valence-electron chi connectivity index (χ3n) is 10.3. The Morgan fingerprint density at radius 1 is 0.490 bits per heavy atom. The Kier molecular flexibility index (Phi) is 7.07. The molecule has 1 nitrogen and oxygen atoms in total. The average Bonchev–Trinajstić information content (AvgIpc) is 3.64. The molecule has 9 rings (SSSR count). The van der Waals surface area contributed by atoms with Gasteiger partial charge < -0.3 is 4.90 Å². The van der Waals surface area contributed by atoms with Crippen LogP contribution in [0.25, 0.3) is 32.3 Å². The molecule has 49 heavy (non-hydrogen) atoms. The highest BCUT2D eigenvalue weighted by Crippen LogP contribution is 2.60. The van der Waals surface area contributed by atoms with Gasteiger partial charge in [-0.1, -0.05) is 152 Å². The lowest BCUT2D eigenvalue weighted by Gasteiger charge is -2.34. The molecule has 0 atom stereocenters. The summed E-state index contributed by atoms with van der Waals surface area (Å²) in [7, 11) is 0. The van der Waals surface area contributed by atoms with Gasteiger partial charge in [0, 0.05) is 16.1 Å². The van der Waals surface area contributed by atoms with Crippen molar-refractivity contribution in [3.05, 3.63) is 209 Å². The standard InChI is InChI=1S/C47H35NS/c1-32-33(2)49-46-39(32)26-15-30-44(46)48(38-24-14-19-35(31-38)34-17-6-3-7-18-34)43-29-16-28-42-45(43)40-25-12-13-27-41(40)47(42,36-20-8-4-9-21-36)37-22-10-5-11-23-37/h3-31H,1-2H3. The van der Waals surface area contributed by atoms with Crippen molar-refractivity contribution < 1.29 is 0 Å². The van der Waals surface area contributed by atoms with Crippen LogP contribution in [-0.2, 0) is 5.41 Å². The minimum Gasteiger partial charge on any atom is -0.308 e. The quantitative estimate of drug-likeness (QED) is 0.174. The third-order valence-corrected chi connectivity index (χ3v) is 11.6. The normalized spacial score (nSPS) is 12.9. The van der Waals surface area contributed by atoms with E-state index in [0.717, 1.165) is 5.69 Å². The lowest BCUT2D eigenvalue weighted by molar-refractivity contribution is 0.768. The molecule has 0 radical (unpaired) electrons. The van der Waals surface area contributed by atoms with Crippen molar-refractivity contribution in [3.63, 3.8) is 0 Å². The van der Waals surface area contributed by atoms with Crippen molar-refractivity contribution in [2.45, 2.75) is 19.3 Å². The van der Waals surface area contributed by atoms with Crippen molar-refractivity contribution in [1.82, 2.24) is 0 Å². The average molecular weight is 646 g/mol. The van der Waals surface area contributed by atoms with Crippen LogP contribution >= 0.6 is 11.3 Å². The largest absolute Gasteiger partial charge is 0.308 e. The molecule has 0 saturated heterocycles. The molecule has 7 aromatic carbocycles. The summed E-state index contributed by atoms with van der Waals surface area (Å²) < 4.78 is 1.31. The third kappa shape index (κ3) is 4.52. The monoisotopic (exact) mass is 645 g/mol. The molecule has 1 heterocycles. The molecule has 234 valence electrons. The maximum Gasteiger partial charge on any atom is 0.0714 e. The van der Waals surface area contributed by atoms with Gasteiger partial charge >= 0.3 is 0 Å². The minimum atomic E-state index is -0.468. The van der Waals surface area contributed by atoms with Gasteiger partial charge in [0.25, 0.3) is 0 Å². The summed E-state index contributed by atoms with van der Waals surface area (Å²) in [5, 5.41) is 1.32. The second kappa shape index (κ2) is 11.8. The lowest BCUT2D eigenvalue weighted by Crippen LogP contribution is -2.28. The molecule has 1 aliphatic rings. The van der Waals surface area contributed by atoms with E-state index in [1.165, 1.54) is 76.4 Å². The Balaban J connectivity index is 1.39. The van der Waals surface area contributed by atoms with Crippen LogP contribution in [0.2, 0.25) is 0 Å². The van der Waals surface area contributed by atoms with Gasteiger partial charge in [0.05, 0.1) is 21.5 Å². The van der Waals surface area contributed by atoms with Gasteiger partial charge in [-0.25, -0.2) is 0 Å². The van der Waals surface area contributed by atoms with Gasteiger partial charge in [-0.2, -0.15) is 0 Å². The Labute approximate surface area is 292 Å². The van der Waals surface area contributed by atoms with Crippen LogP contribution in [0.15, 0.2) is 176 Å². The number of aryl methyl sites for hydroxylation is 2. The van der Waals surface area contributed by atoms with E-state index in [4.69, 9.17) is 0 Å².